The van der Waals surface area contributed by atoms with Crippen LogP contribution >= 0.6 is 11.3 Å². The highest BCUT2D eigenvalue weighted by Crippen LogP contribution is 2.31. The summed E-state index contributed by atoms with van der Waals surface area (Å²) in [5.41, 5.74) is 0. The van der Waals surface area contributed by atoms with E-state index in [1.165, 1.54) is 17.8 Å². The molecule has 2 heterocycles. The van der Waals surface area contributed by atoms with Gasteiger partial charge in [0.1, 0.15) is 5.01 Å². The van der Waals surface area contributed by atoms with Crippen LogP contribution in [0.15, 0.2) is 4.79 Å². The summed E-state index contributed by atoms with van der Waals surface area (Å²) in [7, 11) is 2.12. The maximum Gasteiger partial charge on any atom is 0.322 e. The van der Waals surface area contributed by atoms with Gasteiger partial charge in [0, 0.05) is 12.5 Å². The molecule has 1 fully saturated rings. The number of rotatable bonds is 1. The van der Waals surface area contributed by atoms with E-state index in [0.29, 0.717) is 11.8 Å². The summed E-state index contributed by atoms with van der Waals surface area (Å²) >= 11 is 1.25. The van der Waals surface area contributed by atoms with Gasteiger partial charge < -0.3 is 4.90 Å². The summed E-state index contributed by atoms with van der Waals surface area (Å²) in [6.45, 7) is 4.41. The van der Waals surface area contributed by atoms with E-state index in [0.717, 1.165) is 18.1 Å². The number of hydrogen-bond acceptors (Lipinski definition) is 4. The summed E-state index contributed by atoms with van der Waals surface area (Å²) in [5.74, 6) is 1.06. The van der Waals surface area contributed by atoms with Gasteiger partial charge in [0.2, 0.25) is 0 Å². The highest BCUT2D eigenvalue weighted by Gasteiger charge is 2.28. The van der Waals surface area contributed by atoms with Gasteiger partial charge in [-0.15, -0.1) is 0 Å². The van der Waals surface area contributed by atoms with Gasteiger partial charge >= 0.3 is 4.87 Å². The van der Waals surface area contributed by atoms with Gasteiger partial charge in [-0.25, -0.2) is 5.10 Å². The molecule has 0 saturated carbocycles. The lowest BCUT2D eigenvalue weighted by Gasteiger charge is -2.33. The summed E-state index contributed by atoms with van der Waals surface area (Å²) in [6.07, 6.45) is 1.19. The van der Waals surface area contributed by atoms with Crippen molar-refractivity contribution in [3.8, 4) is 0 Å². The monoisotopic (exact) mass is 213 g/mol. The van der Waals surface area contributed by atoms with Gasteiger partial charge in [-0.05, 0) is 25.9 Å². The second kappa shape index (κ2) is 3.82. The Hall–Kier alpha value is -0.680. The van der Waals surface area contributed by atoms with Crippen molar-refractivity contribution in [2.75, 3.05) is 20.1 Å². The Morgan fingerprint density at radius 2 is 2.43 bits per heavy atom. The maximum absolute atomic E-state index is 11.0. The first-order chi connectivity index (χ1) is 6.66. The first kappa shape index (κ1) is 9.86. The first-order valence-corrected chi connectivity index (χ1v) is 5.72. The molecular formula is C9H15N3OS. The minimum Gasteiger partial charge on any atom is -0.306 e. The van der Waals surface area contributed by atoms with E-state index in [9.17, 15) is 4.79 Å². The third kappa shape index (κ3) is 1.88. The number of piperidine rings is 1. The molecule has 5 heteroatoms. The quantitative estimate of drug-likeness (QED) is 0.753. The molecular weight excluding hydrogens is 198 g/mol. The third-order valence-corrected chi connectivity index (χ3v) is 3.81. The van der Waals surface area contributed by atoms with Crippen molar-refractivity contribution in [3.63, 3.8) is 0 Å². The van der Waals surface area contributed by atoms with Crippen molar-refractivity contribution in [2.45, 2.75) is 19.3 Å². The predicted octanol–water partition coefficient (Wildman–Crippen LogP) is 0.887. The molecule has 1 N–H and O–H groups in total. The van der Waals surface area contributed by atoms with Crippen molar-refractivity contribution in [3.05, 3.63) is 14.7 Å². The van der Waals surface area contributed by atoms with Crippen LogP contribution in [0.2, 0.25) is 0 Å². The molecule has 14 heavy (non-hydrogen) atoms. The fraction of sp³-hybridized carbons (Fsp3) is 0.778. The molecule has 0 spiro atoms. The van der Waals surface area contributed by atoms with E-state index in [4.69, 9.17) is 0 Å². The van der Waals surface area contributed by atoms with Crippen LogP contribution in [-0.2, 0) is 0 Å². The number of nitrogens with zero attached hydrogens (tertiary/aromatic N) is 2. The SMILES string of the molecule is CC1CCN(C)CC1c1n[nH]c(=O)s1. The van der Waals surface area contributed by atoms with E-state index >= 15 is 0 Å². The summed E-state index contributed by atoms with van der Waals surface area (Å²) in [4.78, 5) is 13.3. The van der Waals surface area contributed by atoms with Gasteiger partial charge in [-0.3, -0.25) is 4.79 Å². The van der Waals surface area contributed by atoms with Gasteiger partial charge in [0.15, 0.2) is 0 Å². The molecule has 1 aliphatic rings. The van der Waals surface area contributed by atoms with Gasteiger partial charge in [-0.2, -0.15) is 5.10 Å². The highest BCUT2D eigenvalue weighted by molar-refractivity contribution is 7.08. The number of aromatic amines is 1. The van der Waals surface area contributed by atoms with Crippen LogP contribution in [0.5, 0.6) is 0 Å². The lowest BCUT2D eigenvalue weighted by molar-refractivity contribution is 0.199. The van der Waals surface area contributed by atoms with Gasteiger partial charge in [-0.1, -0.05) is 18.3 Å². The third-order valence-electron chi connectivity index (χ3n) is 2.93. The minimum absolute atomic E-state index is 0.0413. The lowest BCUT2D eigenvalue weighted by atomic mass is 9.88. The number of likely N-dealkylation sites (tertiary alicyclic amines) is 1. The molecule has 4 nitrogen and oxygen atoms in total. The van der Waals surface area contributed by atoms with Gasteiger partial charge in [0.25, 0.3) is 0 Å². The van der Waals surface area contributed by atoms with Crippen LogP contribution in [0, 0.1) is 5.92 Å². The number of aromatic nitrogens is 2. The summed E-state index contributed by atoms with van der Waals surface area (Å²) in [5, 5.41) is 7.54. The maximum atomic E-state index is 11.0. The van der Waals surface area contributed by atoms with E-state index in [2.05, 4.69) is 29.1 Å². The largest absolute Gasteiger partial charge is 0.322 e. The molecule has 2 unspecified atom stereocenters. The van der Waals surface area contributed by atoms with E-state index in [-0.39, 0.29) is 4.87 Å². The van der Waals surface area contributed by atoms with Crippen molar-refractivity contribution in [1.82, 2.24) is 15.1 Å². The lowest BCUT2D eigenvalue weighted by Crippen LogP contribution is -2.35. The summed E-state index contributed by atoms with van der Waals surface area (Å²) in [6, 6.07) is 0. The van der Waals surface area contributed by atoms with E-state index < -0.39 is 0 Å². The Morgan fingerprint density at radius 1 is 1.64 bits per heavy atom. The van der Waals surface area contributed by atoms with Crippen molar-refractivity contribution >= 4 is 11.3 Å². The van der Waals surface area contributed by atoms with Crippen LogP contribution in [0.1, 0.15) is 24.3 Å². The van der Waals surface area contributed by atoms with E-state index in [1.54, 1.807) is 0 Å². The van der Waals surface area contributed by atoms with E-state index in [1.807, 2.05) is 0 Å². The zero-order valence-corrected chi connectivity index (χ0v) is 9.30. The molecule has 0 radical (unpaired) electrons. The Bertz CT molecular complexity index is 359. The van der Waals surface area contributed by atoms with Crippen LogP contribution in [0.4, 0.5) is 0 Å². The van der Waals surface area contributed by atoms with Crippen molar-refractivity contribution in [1.29, 1.82) is 0 Å². The summed E-state index contributed by atoms with van der Waals surface area (Å²) < 4.78 is 0. The molecule has 1 aliphatic heterocycles. The van der Waals surface area contributed by atoms with Crippen molar-refractivity contribution < 1.29 is 0 Å². The average Bonchev–Trinajstić information content (AvgIpc) is 2.56. The standard InChI is InChI=1S/C9H15N3OS/c1-6-3-4-12(2)5-7(6)8-10-11-9(13)14-8/h6-7H,3-5H2,1-2H3,(H,11,13). The fourth-order valence-corrected chi connectivity index (χ4v) is 2.78. The second-order valence-corrected chi connectivity index (χ2v) is 5.08. The predicted molar refractivity (Wildman–Crippen MR) is 56.8 cm³/mol. The average molecular weight is 213 g/mol. The van der Waals surface area contributed by atoms with Crippen LogP contribution < -0.4 is 4.87 Å². The Labute approximate surface area is 86.9 Å². The fourth-order valence-electron chi connectivity index (χ4n) is 1.95. The topological polar surface area (TPSA) is 49.0 Å². The molecule has 1 aromatic heterocycles. The smallest absolute Gasteiger partial charge is 0.306 e. The van der Waals surface area contributed by atoms with Crippen molar-refractivity contribution in [2.24, 2.45) is 5.92 Å². The zero-order chi connectivity index (χ0) is 10.1. The number of H-pyrrole nitrogens is 1. The molecule has 0 amide bonds. The van der Waals surface area contributed by atoms with Crippen LogP contribution in [0.25, 0.3) is 0 Å². The molecule has 0 aromatic carbocycles. The molecule has 78 valence electrons. The minimum atomic E-state index is -0.0413. The normalized spacial score (nSPS) is 29.3. The Kier molecular flexibility index (Phi) is 2.69. The number of likely N-dealkylation sites (N-methyl/N-ethyl adjacent to an activating group) is 1. The Morgan fingerprint density at radius 3 is 3.07 bits per heavy atom. The number of nitrogens with one attached hydrogen (secondary N) is 1. The molecule has 0 aliphatic carbocycles. The highest BCUT2D eigenvalue weighted by atomic mass is 32.1. The second-order valence-electron chi connectivity index (χ2n) is 4.09. The molecule has 1 saturated heterocycles. The zero-order valence-electron chi connectivity index (χ0n) is 8.49. The van der Waals surface area contributed by atoms with Crippen LogP contribution in [0.3, 0.4) is 0 Å². The van der Waals surface area contributed by atoms with Gasteiger partial charge in [0.05, 0.1) is 0 Å². The first-order valence-electron chi connectivity index (χ1n) is 4.91. The van der Waals surface area contributed by atoms with Crippen LogP contribution in [-0.4, -0.2) is 35.2 Å². The Balaban J connectivity index is 2.19. The molecule has 2 rings (SSSR count). The molecule has 0 bridgehead atoms. The molecule has 2 atom stereocenters. The molecule has 1 aromatic rings. The number of hydrogen-bond donors (Lipinski definition) is 1.